The highest BCUT2D eigenvalue weighted by Gasteiger charge is 2.17. The Labute approximate surface area is 105 Å². The van der Waals surface area contributed by atoms with E-state index < -0.39 is 0 Å². The van der Waals surface area contributed by atoms with E-state index in [1.165, 1.54) is 5.56 Å². The van der Waals surface area contributed by atoms with Crippen LogP contribution in [0.4, 0.5) is 0 Å². The van der Waals surface area contributed by atoms with E-state index in [0.29, 0.717) is 5.88 Å². The smallest absolute Gasteiger partial charge is 0.213 e. The van der Waals surface area contributed by atoms with Crippen LogP contribution in [0, 0.1) is 0 Å². The Morgan fingerprint density at radius 3 is 2.59 bits per heavy atom. The number of nitrogens with zero attached hydrogens (tertiary/aromatic N) is 1. The Kier molecular flexibility index (Phi) is 5.42. The fourth-order valence-corrected chi connectivity index (χ4v) is 1.34. The van der Waals surface area contributed by atoms with Crippen LogP contribution in [0.2, 0.25) is 0 Å². The van der Waals surface area contributed by atoms with Gasteiger partial charge in [-0.1, -0.05) is 19.9 Å². The topological polar surface area (TPSA) is 34.1 Å². The minimum absolute atomic E-state index is 0.144. The lowest BCUT2D eigenvalue weighted by Crippen LogP contribution is -2.27. The summed E-state index contributed by atoms with van der Waals surface area (Å²) in [5.41, 5.74) is 1.05. The SMILES string of the molecule is CCCNCc1ccc(OC(C)(C)CC)nc1. The third-order valence-electron chi connectivity index (χ3n) is 2.79. The molecule has 0 saturated carbocycles. The van der Waals surface area contributed by atoms with E-state index in [2.05, 4.69) is 44.1 Å². The Morgan fingerprint density at radius 2 is 2.06 bits per heavy atom. The van der Waals surface area contributed by atoms with Crippen LogP contribution >= 0.6 is 0 Å². The molecule has 1 rings (SSSR count). The molecule has 0 aliphatic heterocycles. The first-order valence-electron chi connectivity index (χ1n) is 6.42. The van der Waals surface area contributed by atoms with Crippen molar-refractivity contribution in [2.24, 2.45) is 0 Å². The van der Waals surface area contributed by atoms with Crippen molar-refractivity contribution >= 4 is 0 Å². The Hall–Kier alpha value is -1.09. The number of nitrogens with one attached hydrogen (secondary N) is 1. The van der Waals surface area contributed by atoms with Crippen LogP contribution in [-0.4, -0.2) is 17.1 Å². The molecule has 1 aromatic heterocycles. The minimum Gasteiger partial charge on any atom is -0.472 e. The monoisotopic (exact) mass is 236 g/mol. The summed E-state index contributed by atoms with van der Waals surface area (Å²) in [4.78, 5) is 4.33. The molecule has 0 bridgehead atoms. The molecule has 1 aromatic rings. The predicted molar refractivity (Wildman–Crippen MR) is 71.2 cm³/mol. The number of ether oxygens (including phenoxy) is 1. The first-order chi connectivity index (χ1) is 8.07. The normalized spacial score (nSPS) is 11.5. The molecule has 3 heteroatoms. The average molecular weight is 236 g/mol. The molecule has 0 aliphatic carbocycles. The lowest BCUT2D eigenvalue weighted by atomic mass is 10.1. The maximum absolute atomic E-state index is 5.80. The van der Waals surface area contributed by atoms with Gasteiger partial charge in [-0.15, -0.1) is 0 Å². The highest BCUT2D eigenvalue weighted by atomic mass is 16.5. The first-order valence-corrected chi connectivity index (χ1v) is 6.42. The van der Waals surface area contributed by atoms with Gasteiger partial charge in [-0.3, -0.25) is 0 Å². The largest absolute Gasteiger partial charge is 0.472 e. The third kappa shape index (κ3) is 5.18. The fourth-order valence-electron chi connectivity index (χ4n) is 1.34. The van der Waals surface area contributed by atoms with Gasteiger partial charge in [0.15, 0.2) is 0 Å². The van der Waals surface area contributed by atoms with Gasteiger partial charge < -0.3 is 10.1 Å². The Bertz CT molecular complexity index is 319. The number of hydrogen-bond donors (Lipinski definition) is 1. The number of hydrogen-bond acceptors (Lipinski definition) is 3. The van der Waals surface area contributed by atoms with Gasteiger partial charge in [-0.2, -0.15) is 0 Å². The van der Waals surface area contributed by atoms with Crippen molar-refractivity contribution in [2.45, 2.75) is 52.7 Å². The van der Waals surface area contributed by atoms with Crippen LogP contribution in [0.5, 0.6) is 5.88 Å². The number of rotatable bonds is 7. The Morgan fingerprint density at radius 1 is 1.29 bits per heavy atom. The number of pyridine rings is 1. The molecule has 0 aromatic carbocycles. The molecule has 0 saturated heterocycles. The van der Waals surface area contributed by atoms with Gasteiger partial charge in [0, 0.05) is 18.8 Å². The van der Waals surface area contributed by atoms with E-state index in [0.717, 1.165) is 25.9 Å². The summed E-state index contributed by atoms with van der Waals surface area (Å²) >= 11 is 0. The van der Waals surface area contributed by atoms with E-state index in [1.54, 1.807) is 0 Å². The van der Waals surface area contributed by atoms with Gasteiger partial charge in [0.2, 0.25) is 5.88 Å². The highest BCUT2D eigenvalue weighted by Crippen LogP contribution is 2.18. The van der Waals surface area contributed by atoms with Gasteiger partial charge in [-0.25, -0.2) is 4.98 Å². The molecule has 0 aliphatic rings. The lowest BCUT2D eigenvalue weighted by Gasteiger charge is -2.23. The zero-order valence-electron chi connectivity index (χ0n) is 11.4. The van der Waals surface area contributed by atoms with Gasteiger partial charge in [0.05, 0.1) is 0 Å². The molecular weight excluding hydrogens is 212 g/mol. The van der Waals surface area contributed by atoms with Crippen LogP contribution in [0.25, 0.3) is 0 Å². The minimum atomic E-state index is -0.144. The van der Waals surface area contributed by atoms with Gasteiger partial charge in [0.1, 0.15) is 5.60 Å². The fraction of sp³-hybridized carbons (Fsp3) is 0.643. The van der Waals surface area contributed by atoms with E-state index in [4.69, 9.17) is 4.74 Å². The summed E-state index contributed by atoms with van der Waals surface area (Å²) in [6.07, 6.45) is 4.00. The second-order valence-corrected chi connectivity index (χ2v) is 4.90. The second-order valence-electron chi connectivity index (χ2n) is 4.90. The van der Waals surface area contributed by atoms with Crippen LogP contribution in [0.15, 0.2) is 18.3 Å². The summed E-state index contributed by atoms with van der Waals surface area (Å²) in [5, 5.41) is 3.35. The molecule has 17 heavy (non-hydrogen) atoms. The van der Waals surface area contributed by atoms with E-state index >= 15 is 0 Å². The Balaban J connectivity index is 2.50. The van der Waals surface area contributed by atoms with Crippen LogP contribution in [-0.2, 0) is 6.54 Å². The van der Waals surface area contributed by atoms with Crippen LogP contribution in [0.3, 0.4) is 0 Å². The molecule has 0 spiro atoms. The summed E-state index contributed by atoms with van der Waals surface area (Å²) in [6.45, 7) is 10.3. The summed E-state index contributed by atoms with van der Waals surface area (Å²) in [6, 6.07) is 4.01. The quantitative estimate of drug-likeness (QED) is 0.738. The van der Waals surface area contributed by atoms with Crippen molar-refractivity contribution < 1.29 is 4.74 Å². The zero-order valence-corrected chi connectivity index (χ0v) is 11.4. The molecule has 3 nitrogen and oxygen atoms in total. The van der Waals surface area contributed by atoms with Crippen molar-refractivity contribution in [3.63, 3.8) is 0 Å². The van der Waals surface area contributed by atoms with E-state index in [1.807, 2.05) is 12.3 Å². The van der Waals surface area contributed by atoms with Crippen molar-refractivity contribution in [3.8, 4) is 5.88 Å². The van der Waals surface area contributed by atoms with Crippen molar-refractivity contribution in [1.82, 2.24) is 10.3 Å². The van der Waals surface area contributed by atoms with Crippen LogP contribution in [0.1, 0.15) is 46.1 Å². The molecule has 96 valence electrons. The lowest BCUT2D eigenvalue weighted by molar-refractivity contribution is 0.0990. The predicted octanol–water partition coefficient (Wildman–Crippen LogP) is 3.15. The van der Waals surface area contributed by atoms with Crippen molar-refractivity contribution in [2.75, 3.05) is 6.54 Å². The van der Waals surface area contributed by atoms with Gasteiger partial charge in [-0.05, 0) is 38.8 Å². The molecule has 1 heterocycles. The van der Waals surface area contributed by atoms with Gasteiger partial charge in [0.25, 0.3) is 0 Å². The van der Waals surface area contributed by atoms with Gasteiger partial charge >= 0.3 is 0 Å². The van der Waals surface area contributed by atoms with Crippen molar-refractivity contribution in [3.05, 3.63) is 23.9 Å². The molecule has 0 atom stereocenters. The molecule has 0 fully saturated rings. The summed E-state index contributed by atoms with van der Waals surface area (Å²) < 4.78 is 5.80. The molecule has 0 unspecified atom stereocenters. The molecule has 0 radical (unpaired) electrons. The van der Waals surface area contributed by atoms with Crippen LogP contribution < -0.4 is 10.1 Å². The first kappa shape index (κ1) is 14.0. The summed E-state index contributed by atoms with van der Waals surface area (Å²) in [5.74, 6) is 0.705. The van der Waals surface area contributed by atoms with E-state index in [-0.39, 0.29) is 5.60 Å². The zero-order chi connectivity index (χ0) is 12.7. The standard InChI is InChI=1S/C14H24N2O/c1-5-9-15-10-12-7-8-13(16-11-12)17-14(3,4)6-2/h7-8,11,15H,5-6,9-10H2,1-4H3. The third-order valence-corrected chi connectivity index (χ3v) is 2.79. The summed E-state index contributed by atoms with van der Waals surface area (Å²) in [7, 11) is 0. The maximum Gasteiger partial charge on any atom is 0.213 e. The second kappa shape index (κ2) is 6.60. The maximum atomic E-state index is 5.80. The highest BCUT2D eigenvalue weighted by molar-refractivity contribution is 5.18. The molecular formula is C14H24N2O. The average Bonchev–Trinajstić information content (AvgIpc) is 2.31. The van der Waals surface area contributed by atoms with E-state index in [9.17, 15) is 0 Å². The molecule has 1 N–H and O–H groups in total. The van der Waals surface area contributed by atoms with Crippen molar-refractivity contribution in [1.29, 1.82) is 0 Å². The number of aromatic nitrogens is 1. The molecule has 0 amide bonds.